The number of ether oxygens (including phenoxy) is 1. The molecule has 3 rings (SSSR count). The van der Waals surface area contributed by atoms with Gasteiger partial charge in [0.05, 0.1) is 30.3 Å². The number of hydrogen-bond acceptors (Lipinski definition) is 6. The second-order valence-electron chi connectivity index (χ2n) is 5.56. The lowest BCUT2D eigenvalue weighted by molar-refractivity contribution is -0.116. The molecule has 1 saturated heterocycles. The molecule has 0 radical (unpaired) electrons. The van der Waals surface area contributed by atoms with Crippen LogP contribution in [0.3, 0.4) is 0 Å². The predicted molar refractivity (Wildman–Crippen MR) is 84.9 cm³/mol. The third-order valence-electron chi connectivity index (χ3n) is 3.94. The Morgan fingerprint density at radius 2 is 2.00 bits per heavy atom. The Bertz CT molecular complexity index is 783. The summed E-state index contributed by atoms with van der Waals surface area (Å²) in [5, 5.41) is 7.05. The van der Waals surface area contributed by atoms with Crippen molar-refractivity contribution >= 4 is 17.7 Å². The van der Waals surface area contributed by atoms with Gasteiger partial charge in [-0.15, -0.1) is 0 Å². The molecule has 2 amide bonds. The van der Waals surface area contributed by atoms with E-state index in [2.05, 4.69) is 20.4 Å². The van der Waals surface area contributed by atoms with Gasteiger partial charge in [0, 0.05) is 5.69 Å². The first-order valence-electron chi connectivity index (χ1n) is 7.52. The maximum Gasteiger partial charge on any atom is 0.410 e. The molecular formula is C15H18N6O3. The fourth-order valence-corrected chi connectivity index (χ4v) is 2.35. The summed E-state index contributed by atoms with van der Waals surface area (Å²) in [4.78, 5) is 33.1. The molecule has 24 heavy (non-hydrogen) atoms. The van der Waals surface area contributed by atoms with Gasteiger partial charge in [-0.1, -0.05) is 0 Å². The van der Waals surface area contributed by atoms with E-state index in [-0.39, 0.29) is 12.5 Å². The molecule has 0 spiro atoms. The minimum Gasteiger partial charge on any atom is -0.448 e. The highest BCUT2D eigenvalue weighted by Gasteiger charge is 2.24. The zero-order chi connectivity index (χ0) is 17.3. The van der Waals surface area contributed by atoms with E-state index in [0.29, 0.717) is 24.8 Å². The average Bonchev–Trinajstić information content (AvgIpc) is 3.07. The summed E-state index contributed by atoms with van der Waals surface area (Å²) < 4.78 is 6.44. The third kappa shape index (κ3) is 3.05. The van der Waals surface area contributed by atoms with Gasteiger partial charge in [0.15, 0.2) is 0 Å². The van der Waals surface area contributed by atoms with Crippen LogP contribution in [0.5, 0.6) is 0 Å². The Morgan fingerprint density at radius 3 is 2.54 bits per heavy atom. The monoisotopic (exact) mass is 330 g/mol. The number of carbonyl (C=O) groups is 2. The van der Waals surface area contributed by atoms with Crippen molar-refractivity contribution in [1.29, 1.82) is 0 Å². The zero-order valence-electron chi connectivity index (χ0n) is 13.7. The van der Waals surface area contributed by atoms with Gasteiger partial charge in [-0.2, -0.15) is 5.10 Å². The second kappa shape index (κ2) is 6.26. The van der Waals surface area contributed by atoms with Crippen molar-refractivity contribution < 1.29 is 14.3 Å². The highest BCUT2D eigenvalue weighted by atomic mass is 16.6. The fraction of sp³-hybridized carbons (Fsp3) is 0.400. The lowest BCUT2D eigenvalue weighted by atomic mass is 10.2. The number of hydrogen-bond donors (Lipinski definition) is 1. The summed E-state index contributed by atoms with van der Waals surface area (Å²) in [6.45, 7) is 6.54. The summed E-state index contributed by atoms with van der Waals surface area (Å²) in [6, 6.07) is 0. The van der Waals surface area contributed by atoms with Gasteiger partial charge in [-0.3, -0.25) is 9.69 Å². The number of carbonyl (C=O) groups excluding carboxylic acids is 2. The molecule has 3 heterocycles. The lowest BCUT2D eigenvalue weighted by Gasteiger charge is -2.12. The largest absolute Gasteiger partial charge is 0.448 e. The van der Waals surface area contributed by atoms with Crippen LogP contribution in [0.1, 0.15) is 17.0 Å². The molecule has 0 aromatic carbocycles. The summed E-state index contributed by atoms with van der Waals surface area (Å²) in [5.41, 5.74) is 3.44. The Hall–Kier alpha value is -2.97. The summed E-state index contributed by atoms with van der Waals surface area (Å²) in [5.74, 6) is 0.108. The maximum absolute atomic E-state index is 11.9. The van der Waals surface area contributed by atoms with Crippen molar-refractivity contribution in [3.8, 4) is 5.95 Å². The smallest absolute Gasteiger partial charge is 0.410 e. The van der Waals surface area contributed by atoms with Crippen molar-refractivity contribution in [2.24, 2.45) is 0 Å². The predicted octanol–water partition coefficient (Wildman–Crippen LogP) is 0.978. The fourth-order valence-electron chi connectivity index (χ4n) is 2.35. The Morgan fingerprint density at radius 1 is 1.29 bits per heavy atom. The molecule has 9 heteroatoms. The van der Waals surface area contributed by atoms with Crippen molar-refractivity contribution in [3.05, 3.63) is 29.3 Å². The average molecular weight is 330 g/mol. The minimum absolute atomic E-state index is 0.0583. The highest BCUT2D eigenvalue weighted by molar-refractivity contribution is 5.93. The quantitative estimate of drug-likeness (QED) is 0.896. The van der Waals surface area contributed by atoms with Gasteiger partial charge in [0.1, 0.15) is 13.2 Å². The number of cyclic esters (lactones) is 1. The maximum atomic E-state index is 11.9. The van der Waals surface area contributed by atoms with E-state index < -0.39 is 6.09 Å². The molecule has 0 bridgehead atoms. The third-order valence-corrected chi connectivity index (χ3v) is 3.94. The van der Waals surface area contributed by atoms with E-state index in [1.54, 1.807) is 4.68 Å². The first-order chi connectivity index (χ1) is 11.5. The number of amides is 2. The van der Waals surface area contributed by atoms with Gasteiger partial charge in [0.2, 0.25) is 5.91 Å². The summed E-state index contributed by atoms with van der Waals surface area (Å²) in [7, 11) is 0. The molecule has 126 valence electrons. The topological polar surface area (TPSA) is 102 Å². The van der Waals surface area contributed by atoms with Crippen molar-refractivity contribution in [3.63, 3.8) is 0 Å². The van der Waals surface area contributed by atoms with E-state index in [1.165, 1.54) is 17.3 Å². The number of aryl methyl sites for hydroxylation is 1. The van der Waals surface area contributed by atoms with Gasteiger partial charge < -0.3 is 10.1 Å². The van der Waals surface area contributed by atoms with Crippen LogP contribution in [0, 0.1) is 20.8 Å². The molecule has 1 aliphatic heterocycles. The van der Waals surface area contributed by atoms with E-state index >= 15 is 0 Å². The Labute approximate surface area is 138 Å². The van der Waals surface area contributed by atoms with Gasteiger partial charge >= 0.3 is 6.09 Å². The van der Waals surface area contributed by atoms with Crippen LogP contribution in [-0.4, -0.2) is 56.3 Å². The second-order valence-corrected chi connectivity index (χ2v) is 5.56. The van der Waals surface area contributed by atoms with Crippen LogP contribution < -0.4 is 5.32 Å². The van der Waals surface area contributed by atoms with E-state index in [1.807, 2.05) is 20.8 Å². The summed E-state index contributed by atoms with van der Waals surface area (Å²) in [6.07, 6.45) is 2.54. The molecular weight excluding hydrogens is 312 g/mol. The number of aromatic nitrogens is 4. The molecule has 1 fully saturated rings. The van der Waals surface area contributed by atoms with Crippen LogP contribution in [0.15, 0.2) is 12.4 Å². The molecule has 0 aliphatic carbocycles. The van der Waals surface area contributed by atoms with Crippen molar-refractivity contribution in [1.82, 2.24) is 24.6 Å². The Kier molecular flexibility index (Phi) is 4.15. The van der Waals surface area contributed by atoms with Crippen LogP contribution in [0.4, 0.5) is 10.5 Å². The van der Waals surface area contributed by atoms with Crippen molar-refractivity contribution in [2.45, 2.75) is 20.8 Å². The minimum atomic E-state index is -0.475. The molecule has 1 aliphatic rings. The SMILES string of the molecule is Cc1nn(-c2ncc(NC(=O)CN3CCOC3=O)cn2)c(C)c1C. The van der Waals surface area contributed by atoms with Crippen LogP contribution >= 0.6 is 0 Å². The van der Waals surface area contributed by atoms with E-state index in [9.17, 15) is 9.59 Å². The number of nitrogens with one attached hydrogen (secondary N) is 1. The summed E-state index contributed by atoms with van der Waals surface area (Å²) >= 11 is 0. The van der Waals surface area contributed by atoms with Crippen LogP contribution in [0.2, 0.25) is 0 Å². The molecule has 0 unspecified atom stereocenters. The zero-order valence-corrected chi connectivity index (χ0v) is 13.7. The van der Waals surface area contributed by atoms with Gasteiger partial charge in [0.25, 0.3) is 5.95 Å². The van der Waals surface area contributed by atoms with Crippen LogP contribution in [0.25, 0.3) is 5.95 Å². The highest BCUT2D eigenvalue weighted by Crippen LogP contribution is 2.15. The molecule has 0 atom stereocenters. The van der Waals surface area contributed by atoms with Crippen LogP contribution in [-0.2, 0) is 9.53 Å². The molecule has 0 saturated carbocycles. The number of rotatable bonds is 4. The molecule has 1 N–H and O–H groups in total. The standard InChI is InChI=1S/C15H18N6O3/c1-9-10(2)19-21(11(9)3)14-16-6-12(7-17-14)18-13(22)8-20-4-5-24-15(20)23/h6-7H,4-5,8H2,1-3H3,(H,18,22). The van der Waals surface area contributed by atoms with E-state index in [0.717, 1.165) is 17.0 Å². The lowest BCUT2D eigenvalue weighted by Crippen LogP contribution is -2.33. The van der Waals surface area contributed by atoms with Crippen molar-refractivity contribution in [2.75, 3.05) is 25.0 Å². The Balaban J connectivity index is 1.67. The number of nitrogens with zero attached hydrogens (tertiary/aromatic N) is 5. The van der Waals surface area contributed by atoms with Gasteiger partial charge in [-0.25, -0.2) is 19.4 Å². The molecule has 9 nitrogen and oxygen atoms in total. The number of anilines is 1. The molecule has 2 aromatic heterocycles. The van der Waals surface area contributed by atoms with Gasteiger partial charge in [-0.05, 0) is 26.3 Å². The first-order valence-corrected chi connectivity index (χ1v) is 7.52. The molecule has 2 aromatic rings. The normalized spacial score (nSPS) is 14.0. The van der Waals surface area contributed by atoms with E-state index in [4.69, 9.17) is 4.74 Å². The first kappa shape index (κ1) is 15.9.